The van der Waals surface area contributed by atoms with E-state index in [0.717, 1.165) is 0 Å². The van der Waals surface area contributed by atoms with Crippen LogP contribution in [0.1, 0.15) is 32.1 Å². The number of unbranched alkanes of at least 4 members (excludes halogenated alkanes) is 4. The molecule has 0 aliphatic carbocycles. The molecule has 0 saturated heterocycles. The van der Waals surface area contributed by atoms with Crippen LogP contribution in [0.2, 0.25) is 12.6 Å². The van der Waals surface area contributed by atoms with Crippen molar-refractivity contribution in [2.24, 2.45) is 0 Å². The second kappa shape index (κ2) is 23.3. The van der Waals surface area contributed by atoms with E-state index in [9.17, 15) is 0 Å². The van der Waals surface area contributed by atoms with Crippen LogP contribution < -0.4 is 0 Å². The Bertz CT molecular complexity index is 82.0. The van der Waals surface area contributed by atoms with Gasteiger partial charge >= 0.3 is 0 Å². The first-order chi connectivity index (χ1) is 4.91. The summed E-state index contributed by atoms with van der Waals surface area (Å²) in [5.41, 5.74) is 0. The van der Waals surface area contributed by atoms with Crippen LogP contribution in [-0.4, -0.2) is 9.52 Å². The number of hydrogen-bond acceptors (Lipinski definition) is 0. The van der Waals surface area contributed by atoms with Crippen LogP contribution in [0.25, 0.3) is 0 Å². The van der Waals surface area contributed by atoms with Gasteiger partial charge in [-0.1, -0.05) is 37.9 Å². The molecule has 4 heteroatoms. The average molecular weight is 320 g/mol. The Hall–Kier alpha value is 1.42. The van der Waals surface area contributed by atoms with Gasteiger partial charge < -0.3 is 0 Å². The molecule has 0 heterocycles. The normalized spacial score (nSPS) is 8.38. The molecule has 0 bridgehead atoms. The van der Waals surface area contributed by atoms with Crippen molar-refractivity contribution in [3.05, 3.63) is 12.7 Å². The van der Waals surface area contributed by atoms with Gasteiger partial charge in [0.15, 0.2) is 0 Å². The zero-order valence-electron chi connectivity index (χ0n) is 8.55. The van der Waals surface area contributed by atoms with Crippen molar-refractivity contribution in [3.63, 3.8) is 0 Å². The topological polar surface area (TPSA) is 0 Å². The van der Waals surface area contributed by atoms with Crippen LogP contribution in [0.3, 0.4) is 0 Å². The summed E-state index contributed by atoms with van der Waals surface area (Å²) in [4.78, 5) is 0. The van der Waals surface area contributed by atoms with Crippen LogP contribution in [0.4, 0.5) is 0 Å². The Morgan fingerprint density at radius 2 is 1.62 bits per heavy atom. The third kappa shape index (κ3) is 24.7. The maximum atomic E-state index is 3.70. The summed E-state index contributed by atoms with van der Waals surface area (Å²) in [7, 11) is 0.354. The molecular formula is C9H22Cl2SiZr. The largest absolute Gasteiger partial charge is 0.147 e. The van der Waals surface area contributed by atoms with Gasteiger partial charge in [0.05, 0.1) is 0 Å². The molecule has 0 radical (unpaired) electrons. The Labute approximate surface area is 117 Å². The zero-order chi connectivity index (χ0) is 7.66. The van der Waals surface area contributed by atoms with Crippen molar-refractivity contribution in [1.82, 2.24) is 0 Å². The molecule has 0 spiro atoms. The fraction of sp³-hybridized carbons (Fsp3) is 0.778. The summed E-state index contributed by atoms with van der Waals surface area (Å²) in [6.07, 6.45) is 8.95. The predicted octanol–water partition coefficient (Wildman–Crippen LogP) is 3.60. The van der Waals surface area contributed by atoms with E-state index in [4.69, 9.17) is 0 Å². The minimum Gasteiger partial charge on any atom is -0.147 e. The van der Waals surface area contributed by atoms with Crippen LogP contribution in [0.5, 0.6) is 0 Å². The van der Waals surface area contributed by atoms with Gasteiger partial charge in [-0.3, -0.25) is 0 Å². The Kier molecular flexibility index (Phi) is 42.9. The Morgan fingerprint density at radius 3 is 2.08 bits per heavy atom. The van der Waals surface area contributed by atoms with E-state index < -0.39 is 0 Å². The molecule has 0 aromatic heterocycles. The molecule has 0 aliphatic heterocycles. The first-order valence-electron chi connectivity index (χ1n) is 4.52. The smallest absolute Gasteiger partial charge is 0.0166 e. The second-order valence-corrected chi connectivity index (χ2v) is 4.55. The molecule has 0 nitrogen and oxygen atoms in total. The van der Waals surface area contributed by atoms with Gasteiger partial charge in [-0.25, -0.2) is 0 Å². The second-order valence-electron chi connectivity index (χ2n) is 2.85. The molecule has 0 amide bonds. The van der Waals surface area contributed by atoms with E-state index >= 15 is 0 Å². The number of rotatable bonds is 7. The van der Waals surface area contributed by atoms with E-state index in [1.807, 2.05) is 6.08 Å². The van der Waals surface area contributed by atoms with Gasteiger partial charge in [-0.05, 0) is 12.8 Å². The third-order valence-electron chi connectivity index (χ3n) is 1.76. The van der Waals surface area contributed by atoms with E-state index in [0.29, 0.717) is 9.52 Å². The Balaban J connectivity index is -0.000000135. The summed E-state index contributed by atoms with van der Waals surface area (Å²) in [6, 6.07) is 1.55. The molecule has 0 saturated carbocycles. The van der Waals surface area contributed by atoms with Gasteiger partial charge in [-0.2, -0.15) is 0 Å². The summed E-state index contributed by atoms with van der Waals surface area (Å²) in [5.74, 6) is 0. The number of allylic oxidation sites excluding steroid dienone is 1. The summed E-state index contributed by atoms with van der Waals surface area (Å²) in [5, 5.41) is 0. The quantitative estimate of drug-likeness (QED) is 0.382. The van der Waals surface area contributed by atoms with Gasteiger partial charge in [0.1, 0.15) is 0 Å². The van der Waals surface area contributed by atoms with E-state index in [1.165, 1.54) is 32.1 Å². The molecule has 0 aromatic carbocycles. The Morgan fingerprint density at radius 1 is 1.08 bits per heavy atom. The van der Waals surface area contributed by atoms with Crippen molar-refractivity contribution in [3.8, 4) is 0 Å². The van der Waals surface area contributed by atoms with Crippen LogP contribution in [-0.2, 0) is 26.2 Å². The standard InChI is InChI=1S/C9H20Si.2ClH.Zr/c1-3-4-5-6-7-8-9-10-2;;;/h3H,1,4-10H2,2H3;2*1H;. The fourth-order valence-electron chi connectivity index (χ4n) is 1.07. The summed E-state index contributed by atoms with van der Waals surface area (Å²) >= 11 is 0. The molecular weight excluding hydrogens is 298 g/mol. The fourth-order valence-corrected chi connectivity index (χ4v) is 1.92. The maximum absolute atomic E-state index is 3.70. The van der Waals surface area contributed by atoms with Crippen molar-refractivity contribution in [2.45, 2.75) is 44.7 Å². The van der Waals surface area contributed by atoms with Gasteiger partial charge in [0.25, 0.3) is 0 Å². The summed E-state index contributed by atoms with van der Waals surface area (Å²) in [6.45, 7) is 6.09. The minimum absolute atomic E-state index is 0. The monoisotopic (exact) mass is 318 g/mol. The molecule has 0 unspecified atom stereocenters. The first kappa shape index (κ1) is 23.9. The van der Waals surface area contributed by atoms with Crippen molar-refractivity contribution in [1.29, 1.82) is 0 Å². The molecule has 0 N–H and O–H groups in total. The minimum atomic E-state index is 0. The van der Waals surface area contributed by atoms with Crippen molar-refractivity contribution in [2.75, 3.05) is 0 Å². The van der Waals surface area contributed by atoms with Gasteiger partial charge in [-0.15, -0.1) is 31.4 Å². The SMILES string of the molecule is C=CCCCCCC[SiH2]C.Cl.Cl.[Zr]. The average Bonchev–Trinajstić information content (AvgIpc) is 1.97. The molecule has 0 aliphatic rings. The molecule has 13 heavy (non-hydrogen) atoms. The molecule has 0 rings (SSSR count). The van der Waals surface area contributed by atoms with E-state index in [-0.39, 0.29) is 51.0 Å². The molecule has 0 fully saturated rings. The van der Waals surface area contributed by atoms with E-state index in [1.54, 1.807) is 6.04 Å². The van der Waals surface area contributed by atoms with Crippen LogP contribution in [0, 0.1) is 0 Å². The van der Waals surface area contributed by atoms with E-state index in [2.05, 4.69) is 13.1 Å². The molecule has 0 atom stereocenters. The van der Waals surface area contributed by atoms with Crippen LogP contribution in [0.15, 0.2) is 12.7 Å². The molecule has 0 aromatic rings. The number of hydrogen-bond donors (Lipinski definition) is 0. The third-order valence-corrected chi connectivity index (χ3v) is 2.97. The summed E-state index contributed by atoms with van der Waals surface area (Å²) < 4.78 is 0. The first-order valence-corrected chi connectivity index (χ1v) is 6.94. The van der Waals surface area contributed by atoms with Crippen molar-refractivity contribution < 1.29 is 26.2 Å². The maximum Gasteiger partial charge on any atom is 0.0166 e. The van der Waals surface area contributed by atoms with Gasteiger partial charge in [0.2, 0.25) is 0 Å². The van der Waals surface area contributed by atoms with Crippen molar-refractivity contribution >= 4 is 34.3 Å². The van der Waals surface area contributed by atoms with Crippen LogP contribution >= 0.6 is 24.8 Å². The van der Waals surface area contributed by atoms with Gasteiger partial charge in [0, 0.05) is 35.7 Å². The number of halogens is 2. The predicted molar refractivity (Wildman–Crippen MR) is 67.0 cm³/mol. The molecule has 80 valence electrons. The zero-order valence-corrected chi connectivity index (χ0v) is 14.1.